The van der Waals surface area contributed by atoms with Gasteiger partial charge in [-0.2, -0.15) is 0 Å². The monoisotopic (exact) mass is 321 g/mol. The van der Waals surface area contributed by atoms with Gasteiger partial charge in [0.25, 0.3) is 5.91 Å². The van der Waals surface area contributed by atoms with Gasteiger partial charge in [-0.25, -0.2) is 0 Å². The number of hydrogen-bond acceptors (Lipinski definition) is 3. The van der Waals surface area contributed by atoms with Gasteiger partial charge in [0.2, 0.25) is 0 Å². The molecule has 0 radical (unpaired) electrons. The van der Waals surface area contributed by atoms with Crippen molar-refractivity contribution in [1.82, 2.24) is 5.32 Å². The van der Waals surface area contributed by atoms with E-state index in [9.17, 15) is 9.90 Å². The second kappa shape index (κ2) is 6.96. The lowest BCUT2D eigenvalue weighted by atomic mass is 10.2. The smallest absolute Gasteiger partial charge is 0.252 e. The van der Waals surface area contributed by atoms with Crippen LogP contribution < -0.4 is 5.32 Å². The molecule has 1 amide bonds. The normalized spacial score (nSPS) is 12.2. The van der Waals surface area contributed by atoms with Gasteiger partial charge in [-0.15, -0.1) is 0 Å². The van der Waals surface area contributed by atoms with Crippen molar-refractivity contribution in [2.24, 2.45) is 0 Å². The minimum atomic E-state index is -0.720. The lowest BCUT2D eigenvalue weighted by Crippen LogP contribution is -2.34. The van der Waals surface area contributed by atoms with Crippen LogP contribution in [-0.4, -0.2) is 37.4 Å². The molecule has 17 heavy (non-hydrogen) atoms. The molecule has 0 aliphatic heterocycles. The number of halogens is 2. The zero-order valence-electron chi connectivity index (χ0n) is 9.24. The highest BCUT2D eigenvalue weighted by molar-refractivity contribution is 9.10. The molecule has 0 aliphatic carbocycles. The molecule has 1 atom stereocenters. The number of aliphatic hydroxyl groups excluding tert-OH is 1. The molecule has 1 rings (SSSR count). The number of rotatable bonds is 5. The van der Waals surface area contributed by atoms with Crippen molar-refractivity contribution < 1.29 is 14.6 Å². The fourth-order valence-electron chi connectivity index (χ4n) is 1.23. The highest BCUT2D eigenvalue weighted by Gasteiger charge is 2.12. The molecule has 0 aromatic heterocycles. The summed E-state index contributed by atoms with van der Waals surface area (Å²) in [7, 11) is 1.48. The molecule has 1 unspecified atom stereocenters. The Bertz CT molecular complexity index is 400. The molecule has 0 heterocycles. The van der Waals surface area contributed by atoms with Gasteiger partial charge in [0.1, 0.15) is 0 Å². The molecule has 0 fully saturated rings. The largest absolute Gasteiger partial charge is 0.389 e. The summed E-state index contributed by atoms with van der Waals surface area (Å²) in [6.45, 7) is 0.308. The molecular weight excluding hydrogens is 309 g/mol. The molecule has 0 saturated carbocycles. The molecule has 1 aromatic rings. The number of carbonyl (C=O) groups excluding carboxylic acids is 1. The SMILES string of the molecule is COCC(O)CNC(=O)c1cc(Cl)ccc1Br. The van der Waals surface area contributed by atoms with Gasteiger partial charge in [-0.05, 0) is 34.1 Å². The van der Waals surface area contributed by atoms with Gasteiger partial charge in [0, 0.05) is 23.1 Å². The van der Waals surface area contributed by atoms with E-state index in [-0.39, 0.29) is 19.1 Å². The van der Waals surface area contributed by atoms with Gasteiger partial charge in [0.15, 0.2) is 0 Å². The summed E-state index contributed by atoms with van der Waals surface area (Å²) < 4.78 is 5.41. The van der Waals surface area contributed by atoms with Crippen LogP contribution >= 0.6 is 27.5 Å². The fraction of sp³-hybridized carbons (Fsp3) is 0.364. The van der Waals surface area contributed by atoms with Crippen molar-refractivity contribution in [3.8, 4) is 0 Å². The maximum Gasteiger partial charge on any atom is 0.252 e. The van der Waals surface area contributed by atoms with E-state index in [1.807, 2.05) is 0 Å². The lowest BCUT2D eigenvalue weighted by molar-refractivity contribution is 0.0609. The van der Waals surface area contributed by atoms with Crippen LogP contribution in [0, 0.1) is 0 Å². The van der Waals surface area contributed by atoms with Gasteiger partial charge in [-0.3, -0.25) is 4.79 Å². The highest BCUT2D eigenvalue weighted by atomic mass is 79.9. The van der Waals surface area contributed by atoms with E-state index in [2.05, 4.69) is 21.2 Å². The van der Waals surface area contributed by atoms with E-state index >= 15 is 0 Å². The Balaban J connectivity index is 2.61. The second-order valence-corrected chi connectivity index (χ2v) is 4.73. The first-order valence-electron chi connectivity index (χ1n) is 4.95. The van der Waals surface area contributed by atoms with Crippen molar-refractivity contribution in [3.05, 3.63) is 33.3 Å². The number of nitrogens with one attached hydrogen (secondary N) is 1. The number of ether oxygens (including phenoxy) is 1. The topological polar surface area (TPSA) is 58.6 Å². The summed E-state index contributed by atoms with van der Waals surface area (Å²) in [4.78, 5) is 11.8. The summed E-state index contributed by atoms with van der Waals surface area (Å²) in [6, 6.07) is 4.94. The summed E-state index contributed by atoms with van der Waals surface area (Å²) in [6.07, 6.45) is -0.720. The first-order chi connectivity index (χ1) is 8.04. The Hall–Kier alpha value is -0.620. The Morgan fingerprint density at radius 3 is 3.00 bits per heavy atom. The van der Waals surface area contributed by atoms with Gasteiger partial charge in [0.05, 0.1) is 18.3 Å². The van der Waals surface area contributed by atoms with Crippen LogP contribution in [0.25, 0.3) is 0 Å². The second-order valence-electron chi connectivity index (χ2n) is 3.44. The van der Waals surface area contributed by atoms with Crippen LogP contribution in [0.4, 0.5) is 0 Å². The summed E-state index contributed by atoms with van der Waals surface area (Å²) in [5.41, 5.74) is 0.433. The average Bonchev–Trinajstić information content (AvgIpc) is 2.29. The van der Waals surface area contributed by atoms with Crippen LogP contribution in [0.5, 0.6) is 0 Å². The Morgan fingerprint density at radius 2 is 2.35 bits per heavy atom. The molecule has 0 spiro atoms. The molecule has 2 N–H and O–H groups in total. The molecule has 94 valence electrons. The van der Waals surface area contributed by atoms with Gasteiger partial charge < -0.3 is 15.2 Å². The Morgan fingerprint density at radius 1 is 1.65 bits per heavy atom. The van der Waals surface area contributed by atoms with Gasteiger partial charge >= 0.3 is 0 Å². The summed E-state index contributed by atoms with van der Waals surface area (Å²) in [5, 5.41) is 12.5. The van der Waals surface area contributed by atoms with E-state index in [0.29, 0.717) is 15.1 Å². The third kappa shape index (κ3) is 4.63. The van der Waals surface area contributed by atoms with E-state index in [1.54, 1.807) is 18.2 Å². The lowest BCUT2D eigenvalue weighted by Gasteiger charge is -2.11. The Labute approximate surface area is 113 Å². The zero-order chi connectivity index (χ0) is 12.8. The van der Waals surface area contributed by atoms with Crippen molar-refractivity contribution in [2.45, 2.75) is 6.10 Å². The third-order valence-corrected chi connectivity index (χ3v) is 2.96. The molecule has 6 heteroatoms. The maximum absolute atomic E-state index is 11.8. The minimum Gasteiger partial charge on any atom is -0.389 e. The molecule has 0 aliphatic rings. The number of amides is 1. The standard InChI is InChI=1S/C11H13BrClNO3/c1-17-6-8(15)5-14-11(16)9-4-7(13)2-3-10(9)12/h2-4,8,15H,5-6H2,1H3,(H,14,16). The zero-order valence-corrected chi connectivity index (χ0v) is 11.6. The molecule has 4 nitrogen and oxygen atoms in total. The number of benzene rings is 1. The minimum absolute atomic E-state index is 0.131. The van der Waals surface area contributed by atoms with E-state index in [4.69, 9.17) is 16.3 Å². The number of aliphatic hydroxyl groups is 1. The summed E-state index contributed by atoms with van der Waals surface area (Å²) >= 11 is 9.07. The van der Waals surface area contributed by atoms with E-state index < -0.39 is 6.10 Å². The fourth-order valence-corrected chi connectivity index (χ4v) is 1.83. The van der Waals surface area contributed by atoms with E-state index in [0.717, 1.165) is 0 Å². The van der Waals surface area contributed by atoms with Crippen LogP contribution in [-0.2, 0) is 4.74 Å². The molecular formula is C11H13BrClNO3. The van der Waals surface area contributed by atoms with Crippen molar-refractivity contribution in [1.29, 1.82) is 0 Å². The third-order valence-electron chi connectivity index (χ3n) is 2.03. The van der Waals surface area contributed by atoms with Crippen LogP contribution in [0.15, 0.2) is 22.7 Å². The maximum atomic E-state index is 11.8. The molecule has 0 saturated heterocycles. The predicted octanol–water partition coefficient (Wildman–Crippen LogP) is 1.84. The quantitative estimate of drug-likeness (QED) is 0.869. The summed E-state index contributed by atoms with van der Waals surface area (Å²) in [5.74, 6) is -0.297. The number of methoxy groups -OCH3 is 1. The van der Waals surface area contributed by atoms with Crippen molar-refractivity contribution in [3.63, 3.8) is 0 Å². The average molecular weight is 323 g/mol. The van der Waals surface area contributed by atoms with Crippen LogP contribution in [0.1, 0.15) is 10.4 Å². The predicted molar refractivity (Wildman–Crippen MR) is 69.4 cm³/mol. The van der Waals surface area contributed by atoms with Crippen LogP contribution in [0.3, 0.4) is 0 Å². The number of carbonyl (C=O) groups is 1. The first-order valence-corrected chi connectivity index (χ1v) is 6.12. The Kier molecular flexibility index (Phi) is 5.91. The molecule has 1 aromatic carbocycles. The van der Waals surface area contributed by atoms with Gasteiger partial charge in [-0.1, -0.05) is 11.6 Å². The van der Waals surface area contributed by atoms with E-state index in [1.165, 1.54) is 7.11 Å². The van der Waals surface area contributed by atoms with Crippen molar-refractivity contribution >= 4 is 33.4 Å². The van der Waals surface area contributed by atoms with Crippen LogP contribution in [0.2, 0.25) is 5.02 Å². The number of hydrogen-bond donors (Lipinski definition) is 2. The van der Waals surface area contributed by atoms with Crippen molar-refractivity contribution in [2.75, 3.05) is 20.3 Å². The highest BCUT2D eigenvalue weighted by Crippen LogP contribution is 2.20. The first kappa shape index (κ1) is 14.4. The molecule has 0 bridgehead atoms.